The van der Waals surface area contributed by atoms with E-state index in [1.54, 1.807) is 36.2 Å². The van der Waals surface area contributed by atoms with E-state index in [0.29, 0.717) is 11.1 Å². The van der Waals surface area contributed by atoms with E-state index in [9.17, 15) is 4.79 Å². The highest BCUT2D eigenvalue weighted by Crippen LogP contribution is 2.14. The molecule has 5 heteroatoms. The minimum Gasteiger partial charge on any atom is -0.322 e. The number of nitrogens with one attached hydrogen (secondary N) is 2. The maximum absolute atomic E-state index is 11.8. The first-order valence-electron chi connectivity index (χ1n) is 5.17. The van der Waals surface area contributed by atoms with Crippen LogP contribution in [0.25, 0.3) is 0 Å². The molecule has 0 saturated carbocycles. The Hall–Kier alpha value is -1.26. The predicted molar refractivity (Wildman–Crippen MR) is 64.9 cm³/mol. The van der Waals surface area contributed by atoms with Gasteiger partial charge in [0.05, 0.1) is 6.04 Å². The molecule has 0 unspecified atom stereocenters. The SMILES string of the molecule is CN(C(=O)Nc1ccc(Cl)cc1)C1CNC1. The summed E-state index contributed by atoms with van der Waals surface area (Å²) in [7, 11) is 1.80. The zero-order valence-electron chi connectivity index (χ0n) is 9.03. The van der Waals surface area contributed by atoms with Gasteiger partial charge in [-0.25, -0.2) is 4.79 Å². The van der Waals surface area contributed by atoms with Crippen LogP contribution in [0, 0.1) is 0 Å². The van der Waals surface area contributed by atoms with E-state index >= 15 is 0 Å². The van der Waals surface area contributed by atoms with E-state index in [-0.39, 0.29) is 6.03 Å². The van der Waals surface area contributed by atoms with Gasteiger partial charge in [-0.2, -0.15) is 0 Å². The number of amides is 2. The van der Waals surface area contributed by atoms with E-state index in [1.165, 1.54) is 0 Å². The lowest BCUT2D eigenvalue weighted by Gasteiger charge is -2.35. The number of benzene rings is 1. The highest BCUT2D eigenvalue weighted by Gasteiger charge is 2.25. The minimum absolute atomic E-state index is 0.0891. The van der Waals surface area contributed by atoms with Crippen molar-refractivity contribution in [3.63, 3.8) is 0 Å². The third-order valence-electron chi connectivity index (χ3n) is 2.72. The smallest absolute Gasteiger partial charge is 0.321 e. The highest BCUT2D eigenvalue weighted by molar-refractivity contribution is 6.30. The molecule has 86 valence electrons. The summed E-state index contributed by atoms with van der Waals surface area (Å²) in [5.74, 6) is 0. The second-order valence-electron chi connectivity index (χ2n) is 3.86. The van der Waals surface area contributed by atoms with Crippen molar-refractivity contribution in [2.75, 3.05) is 25.5 Å². The van der Waals surface area contributed by atoms with Crippen molar-refractivity contribution < 1.29 is 4.79 Å². The first-order valence-corrected chi connectivity index (χ1v) is 5.55. The summed E-state index contributed by atoms with van der Waals surface area (Å²) in [5, 5.41) is 6.61. The zero-order valence-corrected chi connectivity index (χ0v) is 9.79. The molecule has 2 amide bonds. The number of anilines is 1. The van der Waals surface area contributed by atoms with Crippen molar-refractivity contribution in [2.24, 2.45) is 0 Å². The lowest BCUT2D eigenvalue weighted by atomic mass is 10.1. The van der Waals surface area contributed by atoms with Gasteiger partial charge in [0.25, 0.3) is 0 Å². The first kappa shape index (κ1) is 11.2. The largest absolute Gasteiger partial charge is 0.322 e. The molecule has 1 aromatic rings. The molecule has 0 aliphatic carbocycles. The van der Waals surface area contributed by atoms with E-state index in [4.69, 9.17) is 11.6 Å². The van der Waals surface area contributed by atoms with Gasteiger partial charge in [0.15, 0.2) is 0 Å². The fraction of sp³-hybridized carbons (Fsp3) is 0.364. The van der Waals surface area contributed by atoms with Crippen molar-refractivity contribution in [2.45, 2.75) is 6.04 Å². The van der Waals surface area contributed by atoms with Crippen molar-refractivity contribution in [3.05, 3.63) is 29.3 Å². The van der Waals surface area contributed by atoms with Gasteiger partial charge in [0.1, 0.15) is 0 Å². The monoisotopic (exact) mass is 239 g/mol. The quantitative estimate of drug-likeness (QED) is 0.826. The van der Waals surface area contributed by atoms with Gasteiger partial charge in [-0.15, -0.1) is 0 Å². The molecule has 0 bridgehead atoms. The van der Waals surface area contributed by atoms with Crippen LogP contribution in [-0.4, -0.2) is 37.1 Å². The lowest BCUT2D eigenvalue weighted by molar-refractivity contribution is 0.180. The summed E-state index contributed by atoms with van der Waals surface area (Å²) < 4.78 is 0. The highest BCUT2D eigenvalue weighted by atomic mass is 35.5. The molecule has 4 nitrogen and oxygen atoms in total. The van der Waals surface area contributed by atoms with Gasteiger partial charge < -0.3 is 15.5 Å². The van der Waals surface area contributed by atoms with Crippen LogP contribution in [0.2, 0.25) is 5.02 Å². The topological polar surface area (TPSA) is 44.4 Å². The Kier molecular flexibility index (Phi) is 3.31. The number of halogens is 1. The van der Waals surface area contributed by atoms with Crippen LogP contribution in [0.1, 0.15) is 0 Å². The van der Waals surface area contributed by atoms with Gasteiger partial charge in [-0.3, -0.25) is 0 Å². The van der Waals surface area contributed by atoms with Crippen LogP contribution >= 0.6 is 11.6 Å². The molecule has 2 rings (SSSR count). The fourth-order valence-electron chi connectivity index (χ4n) is 1.46. The van der Waals surface area contributed by atoms with Gasteiger partial charge >= 0.3 is 6.03 Å². The van der Waals surface area contributed by atoms with E-state index in [2.05, 4.69) is 10.6 Å². The number of hydrogen-bond donors (Lipinski definition) is 2. The fourth-order valence-corrected chi connectivity index (χ4v) is 1.58. The standard InChI is InChI=1S/C11H14ClN3O/c1-15(10-6-13-7-10)11(16)14-9-4-2-8(12)3-5-9/h2-5,10,13H,6-7H2,1H3,(H,14,16). The van der Waals surface area contributed by atoms with Crippen LogP contribution in [0.3, 0.4) is 0 Å². The second-order valence-corrected chi connectivity index (χ2v) is 4.30. The maximum atomic E-state index is 11.8. The lowest BCUT2D eigenvalue weighted by Crippen LogP contribution is -2.58. The van der Waals surface area contributed by atoms with Gasteiger partial charge in [0.2, 0.25) is 0 Å². The average molecular weight is 240 g/mol. The molecule has 2 N–H and O–H groups in total. The summed E-state index contributed by atoms with van der Waals surface area (Å²) in [6.45, 7) is 1.73. The Labute approximate surface area is 99.6 Å². The van der Waals surface area contributed by atoms with Crippen molar-refractivity contribution in [1.29, 1.82) is 0 Å². The van der Waals surface area contributed by atoms with Gasteiger partial charge in [0, 0.05) is 30.8 Å². The van der Waals surface area contributed by atoms with Gasteiger partial charge in [-0.05, 0) is 24.3 Å². The molecular formula is C11H14ClN3O. The average Bonchev–Trinajstić information content (AvgIpc) is 2.19. The second kappa shape index (κ2) is 4.72. The molecule has 1 aliphatic rings. The van der Waals surface area contributed by atoms with Crippen molar-refractivity contribution >= 4 is 23.3 Å². The number of carbonyl (C=O) groups excluding carboxylic acids is 1. The molecule has 1 fully saturated rings. The van der Waals surface area contributed by atoms with E-state index in [0.717, 1.165) is 18.8 Å². The molecule has 0 atom stereocenters. The molecule has 1 aliphatic heterocycles. The summed E-state index contributed by atoms with van der Waals surface area (Å²) in [6.07, 6.45) is 0. The Bertz CT molecular complexity index is 375. The Morgan fingerprint density at radius 1 is 1.44 bits per heavy atom. The number of rotatable bonds is 2. The third kappa shape index (κ3) is 2.46. The molecule has 0 spiro atoms. The third-order valence-corrected chi connectivity index (χ3v) is 2.98. The molecular weight excluding hydrogens is 226 g/mol. The van der Waals surface area contributed by atoms with Crippen LogP contribution in [0.15, 0.2) is 24.3 Å². The normalized spacial score (nSPS) is 15.4. The molecule has 1 saturated heterocycles. The van der Waals surface area contributed by atoms with Crippen molar-refractivity contribution in [1.82, 2.24) is 10.2 Å². The van der Waals surface area contributed by atoms with Crippen LogP contribution in [0.5, 0.6) is 0 Å². The summed E-state index contributed by atoms with van der Waals surface area (Å²) in [5.41, 5.74) is 0.758. The first-order chi connectivity index (χ1) is 7.66. The van der Waals surface area contributed by atoms with Gasteiger partial charge in [-0.1, -0.05) is 11.6 Å². The van der Waals surface area contributed by atoms with E-state index in [1.807, 2.05) is 0 Å². The summed E-state index contributed by atoms with van der Waals surface area (Å²) in [6, 6.07) is 7.28. The maximum Gasteiger partial charge on any atom is 0.321 e. The Balaban J connectivity index is 1.93. The van der Waals surface area contributed by atoms with E-state index < -0.39 is 0 Å². The molecule has 16 heavy (non-hydrogen) atoms. The number of carbonyl (C=O) groups is 1. The Morgan fingerprint density at radius 3 is 2.56 bits per heavy atom. The number of hydrogen-bond acceptors (Lipinski definition) is 2. The minimum atomic E-state index is -0.0891. The molecule has 1 aromatic carbocycles. The predicted octanol–water partition coefficient (Wildman–Crippen LogP) is 1.78. The number of likely N-dealkylation sites (N-methyl/N-ethyl adjacent to an activating group) is 1. The van der Waals surface area contributed by atoms with Crippen LogP contribution in [0.4, 0.5) is 10.5 Å². The van der Waals surface area contributed by atoms with Crippen molar-refractivity contribution in [3.8, 4) is 0 Å². The molecule has 1 heterocycles. The summed E-state index contributed by atoms with van der Waals surface area (Å²) in [4.78, 5) is 13.5. The molecule has 0 aromatic heterocycles. The zero-order chi connectivity index (χ0) is 11.5. The van der Waals surface area contributed by atoms with Crippen LogP contribution < -0.4 is 10.6 Å². The van der Waals surface area contributed by atoms with Crippen LogP contribution in [-0.2, 0) is 0 Å². The Morgan fingerprint density at radius 2 is 2.06 bits per heavy atom. The summed E-state index contributed by atoms with van der Waals surface area (Å²) >= 11 is 5.76. The number of nitrogens with zero attached hydrogens (tertiary/aromatic N) is 1. The number of urea groups is 1. The molecule has 0 radical (unpaired) electrons.